The van der Waals surface area contributed by atoms with Crippen molar-refractivity contribution in [3.63, 3.8) is 0 Å². The number of hydrogen-bond acceptors (Lipinski definition) is 8. The van der Waals surface area contributed by atoms with Crippen molar-refractivity contribution in [1.29, 1.82) is 0 Å². The van der Waals surface area contributed by atoms with Crippen LogP contribution in [0.25, 0.3) is 0 Å². The molecule has 3 rings (SSSR count). The molecule has 136 valence electrons. The molecule has 0 unspecified atom stereocenters. The fourth-order valence-electron chi connectivity index (χ4n) is 2.29. The Bertz CT molecular complexity index is 818. The minimum atomic E-state index is -0.840. The van der Waals surface area contributed by atoms with E-state index in [1.165, 1.54) is 6.07 Å². The number of rotatable bonds is 7. The molecule has 2 aromatic carbocycles. The van der Waals surface area contributed by atoms with Crippen LogP contribution in [0.4, 0.5) is 5.69 Å². The monoisotopic (exact) mass is 361 g/mol. The van der Waals surface area contributed by atoms with Gasteiger partial charge >= 0.3 is 5.97 Å². The maximum absolute atomic E-state index is 12.2. The van der Waals surface area contributed by atoms with E-state index in [1.54, 1.807) is 31.4 Å². The SMILES string of the molecule is COc1ccc(OCCOC(=O)c2cc3c(cc2[N+](=O)[O-])OCO3)cc1. The first kappa shape index (κ1) is 17.3. The summed E-state index contributed by atoms with van der Waals surface area (Å²) in [6, 6.07) is 9.28. The molecule has 9 nitrogen and oxygen atoms in total. The molecular weight excluding hydrogens is 346 g/mol. The second-order valence-electron chi connectivity index (χ2n) is 5.14. The third kappa shape index (κ3) is 3.77. The summed E-state index contributed by atoms with van der Waals surface area (Å²) < 4.78 is 25.7. The topological polar surface area (TPSA) is 106 Å². The summed E-state index contributed by atoms with van der Waals surface area (Å²) in [5.74, 6) is 0.913. The van der Waals surface area contributed by atoms with E-state index in [2.05, 4.69) is 0 Å². The molecule has 0 radical (unpaired) electrons. The van der Waals surface area contributed by atoms with Crippen LogP contribution in [-0.4, -0.2) is 38.0 Å². The van der Waals surface area contributed by atoms with Gasteiger partial charge in [0.15, 0.2) is 11.5 Å². The van der Waals surface area contributed by atoms with Gasteiger partial charge in [0.2, 0.25) is 6.79 Å². The van der Waals surface area contributed by atoms with Gasteiger partial charge in [0.05, 0.1) is 18.1 Å². The van der Waals surface area contributed by atoms with Crippen LogP contribution in [0.1, 0.15) is 10.4 Å². The molecule has 0 amide bonds. The van der Waals surface area contributed by atoms with Crippen molar-refractivity contribution in [3.8, 4) is 23.0 Å². The zero-order valence-electron chi connectivity index (χ0n) is 13.8. The summed E-state index contributed by atoms with van der Waals surface area (Å²) in [7, 11) is 1.56. The van der Waals surface area contributed by atoms with Crippen molar-refractivity contribution < 1.29 is 33.4 Å². The fourth-order valence-corrected chi connectivity index (χ4v) is 2.29. The lowest BCUT2D eigenvalue weighted by atomic mass is 10.1. The summed E-state index contributed by atoms with van der Waals surface area (Å²) in [5, 5.41) is 11.2. The molecule has 1 heterocycles. The predicted octanol–water partition coefficient (Wildman–Crippen LogP) is 2.57. The molecule has 9 heteroatoms. The highest BCUT2D eigenvalue weighted by atomic mass is 16.7. The van der Waals surface area contributed by atoms with Gasteiger partial charge in [-0.05, 0) is 24.3 Å². The predicted molar refractivity (Wildman–Crippen MR) is 88.0 cm³/mol. The molecule has 0 bridgehead atoms. The Morgan fingerprint density at radius 2 is 1.77 bits per heavy atom. The van der Waals surface area contributed by atoms with Crippen molar-refractivity contribution in [2.24, 2.45) is 0 Å². The zero-order chi connectivity index (χ0) is 18.5. The molecule has 0 N–H and O–H groups in total. The highest BCUT2D eigenvalue weighted by molar-refractivity contribution is 5.95. The number of nitrogens with zero attached hydrogens (tertiary/aromatic N) is 1. The Labute approximate surface area is 148 Å². The molecule has 0 aliphatic carbocycles. The zero-order valence-corrected chi connectivity index (χ0v) is 13.8. The first-order valence-electron chi connectivity index (χ1n) is 7.60. The van der Waals surface area contributed by atoms with Crippen molar-refractivity contribution in [2.75, 3.05) is 27.1 Å². The van der Waals surface area contributed by atoms with Crippen LogP contribution in [0, 0.1) is 10.1 Å². The molecule has 0 saturated carbocycles. The molecule has 2 aromatic rings. The minimum Gasteiger partial charge on any atom is -0.497 e. The molecule has 1 aliphatic heterocycles. The summed E-state index contributed by atoms with van der Waals surface area (Å²) >= 11 is 0. The van der Waals surface area contributed by atoms with Gasteiger partial charge in [-0.1, -0.05) is 0 Å². The lowest BCUT2D eigenvalue weighted by molar-refractivity contribution is -0.385. The normalized spacial score (nSPS) is 11.7. The number of esters is 1. The lowest BCUT2D eigenvalue weighted by Crippen LogP contribution is -2.13. The Balaban J connectivity index is 1.58. The van der Waals surface area contributed by atoms with Gasteiger partial charge in [-0.25, -0.2) is 4.79 Å². The smallest absolute Gasteiger partial charge is 0.345 e. The average Bonchev–Trinajstić information content (AvgIpc) is 3.12. The number of carbonyl (C=O) groups is 1. The van der Waals surface area contributed by atoms with Crippen LogP contribution in [0.2, 0.25) is 0 Å². The van der Waals surface area contributed by atoms with Crippen LogP contribution in [0.3, 0.4) is 0 Å². The van der Waals surface area contributed by atoms with E-state index in [1.807, 2.05) is 0 Å². The van der Waals surface area contributed by atoms with Crippen molar-refractivity contribution in [1.82, 2.24) is 0 Å². The highest BCUT2D eigenvalue weighted by Crippen LogP contribution is 2.38. The quantitative estimate of drug-likeness (QED) is 0.321. The van der Waals surface area contributed by atoms with E-state index >= 15 is 0 Å². The van der Waals surface area contributed by atoms with E-state index in [4.69, 9.17) is 23.7 Å². The largest absolute Gasteiger partial charge is 0.497 e. The number of nitro groups is 1. The number of benzene rings is 2. The summed E-state index contributed by atoms with van der Waals surface area (Å²) in [6.45, 7) is -0.0342. The molecule has 0 aromatic heterocycles. The molecule has 0 fully saturated rings. The third-order valence-electron chi connectivity index (χ3n) is 3.55. The second kappa shape index (κ2) is 7.60. The summed E-state index contributed by atoms with van der Waals surface area (Å²) in [4.78, 5) is 22.7. The molecule has 0 atom stereocenters. The van der Waals surface area contributed by atoms with Gasteiger partial charge in [0.25, 0.3) is 5.69 Å². The number of methoxy groups -OCH3 is 1. The van der Waals surface area contributed by atoms with E-state index < -0.39 is 16.6 Å². The molecule has 26 heavy (non-hydrogen) atoms. The van der Waals surface area contributed by atoms with Crippen LogP contribution in [-0.2, 0) is 4.74 Å². The number of ether oxygens (including phenoxy) is 5. The summed E-state index contributed by atoms with van der Waals surface area (Å²) in [5.41, 5.74) is -0.612. The van der Waals surface area contributed by atoms with Crippen LogP contribution in [0.5, 0.6) is 23.0 Å². The third-order valence-corrected chi connectivity index (χ3v) is 3.55. The first-order valence-corrected chi connectivity index (χ1v) is 7.60. The van der Waals surface area contributed by atoms with Crippen LogP contribution < -0.4 is 18.9 Å². The van der Waals surface area contributed by atoms with Gasteiger partial charge < -0.3 is 23.7 Å². The van der Waals surface area contributed by atoms with Crippen molar-refractivity contribution in [3.05, 3.63) is 52.1 Å². The Morgan fingerprint density at radius 1 is 1.12 bits per heavy atom. The van der Waals surface area contributed by atoms with Gasteiger partial charge in [-0.2, -0.15) is 0 Å². The van der Waals surface area contributed by atoms with Gasteiger partial charge in [0.1, 0.15) is 30.3 Å². The number of carbonyl (C=O) groups excluding carboxylic acids is 1. The maximum Gasteiger partial charge on any atom is 0.345 e. The van der Waals surface area contributed by atoms with E-state index in [0.717, 1.165) is 6.07 Å². The highest BCUT2D eigenvalue weighted by Gasteiger charge is 2.28. The molecule has 1 aliphatic rings. The average molecular weight is 361 g/mol. The van der Waals surface area contributed by atoms with Crippen molar-refractivity contribution in [2.45, 2.75) is 0 Å². The Hall–Kier alpha value is -3.49. The maximum atomic E-state index is 12.2. The Kier molecular flexibility index (Phi) is 5.07. The number of nitro benzene ring substituents is 1. The van der Waals surface area contributed by atoms with Crippen molar-refractivity contribution >= 4 is 11.7 Å². The standard InChI is InChI=1S/C17H15NO8/c1-22-11-2-4-12(5-3-11)23-6-7-24-17(19)13-8-15-16(26-10-25-15)9-14(13)18(20)21/h2-5,8-9H,6-7,10H2,1H3. The van der Waals surface area contributed by atoms with E-state index in [0.29, 0.717) is 11.5 Å². The van der Waals surface area contributed by atoms with E-state index in [9.17, 15) is 14.9 Å². The fraction of sp³-hybridized carbons (Fsp3) is 0.235. The number of fused-ring (bicyclic) bond motifs is 1. The second-order valence-corrected chi connectivity index (χ2v) is 5.14. The number of hydrogen-bond donors (Lipinski definition) is 0. The van der Waals surface area contributed by atoms with Gasteiger partial charge in [-0.3, -0.25) is 10.1 Å². The summed E-state index contributed by atoms with van der Waals surface area (Å²) in [6.07, 6.45) is 0. The molecule has 0 saturated heterocycles. The lowest BCUT2D eigenvalue weighted by Gasteiger charge is -2.08. The Morgan fingerprint density at radius 3 is 2.42 bits per heavy atom. The van der Waals surface area contributed by atoms with E-state index in [-0.39, 0.29) is 37.1 Å². The van der Waals surface area contributed by atoms with Gasteiger partial charge in [-0.15, -0.1) is 0 Å². The first-order chi connectivity index (χ1) is 12.6. The minimum absolute atomic E-state index is 0.0549. The molecular formula is C17H15NO8. The van der Waals surface area contributed by atoms with Crippen LogP contribution >= 0.6 is 0 Å². The van der Waals surface area contributed by atoms with Gasteiger partial charge in [0, 0.05) is 6.07 Å². The molecule has 0 spiro atoms. The van der Waals surface area contributed by atoms with Crippen LogP contribution in [0.15, 0.2) is 36.4 Å².